The van der Waals surface area contributed by atoms with Crippen molar-refractivity contribution in [2.24, 2.45) is 0 Å². The molecule has 114 valence electrons. The lowest BCUT2D eigenvalue weighted by molar-refractivity contribution is -0.141. The van der Waals surface area contributed by atoms with Gasteiger partial charge in [-0.2, -0.15) is 0 Å². The van der Waals surface area contributed by atoms with E-state index in [9.17, 15) is 19.8 Å². The second kappa shape index (κ2) is 6.58. The van der Waals surface area contributed by atoms with Gasteiger partial charge < -0.3 is 20.0 Å². The van der Waals surface area contributed by atoms with Crippen molar-refractivity contribution in [3.05, 3.63) is 35.9 Å². The Kier molecular flexibility index (Phi) is 4.80. The summed E-state index contributed by atoms with van der Waals surface area (Å²) in [5.74, 6) is -1.07. The summed E-state index contributed by atoms with van der Waals surface area (Å²) < 4.78 is 0. The number of carbonyl (C=O) groups is 2. The van der Waals surface area contributed by atoms with Crippen molar-refractivity contribution in [1.82, 2.24) is 9.80 Å². The van der Waals surface area contributed by atoms with Crippen LogP contribution in [0.15, 0.2) is 30.3 Å². The largest absolute Gasteiger partial charge is 0.480 e. The molecule has 6 nitrogen and oxygen atoms in total. The van der Waals surface area contributed by atoms with E-state index in [4.69, 9.17) is 0 Å². The summed E-state index contributed by atoms with van der Waals surface area (Å²) >= 11 is 0. The first kappa shape index (κ1) is 15.3. The Morgan fingerprint density at radius 3 is 2.57 bits per heavy atom. The van der Waals surface area contributed by atoms with Gasteiger partial charge in [0.25, 0.3) is 0 Å². The maximum absolute atomic E-state index is 12.5. The Morgan fingerprint density at radius 2 is 2.00 bits per heavy atom. The average Bonchev–Trinajstić information content (AvgIpc) is 2.87. The lowest BCUT2D eigenvalue weighted by Crippen LogP contribution is -2.47. The third kappa shape index (κ3) is 3.52. The van der Waals surface area contributed by atoms with E-state index in [1.54, 1.807) is 4.90 Å². The minimum absolute atomic E-state index is 0.0705. The Labute approximate surface area is 123 Å². The summed E-state index contributed by atoms with van der Waals surface area (Å²) in [5.41, 5.74) is 0.985. The molecule has 1 heterocycles. The molecule has 0 saturated carbocycles. The SMILES string of the molecule is CCN(Cc1ccccc1)C(=O)N1CC(O)CC1C(=O)O. The van der Waals surface area contributed by atoms with E-state index < -0.39 is 18.1 Å². The van der Waals surface area contributed by atoms with Crippen LogP contribution in [0, 0.1) is 0 Å². The van der Waals surface area contributed by atoms with Crippen LogP contribution in [0.1, 0.15) is 18.9 Å². The number of carbonyl (C=O) groups excluding carboxylic acids is 1. The van der Waals surface area contributed by atoms with Gasteiger partial charge in [0, 0.05) is 26.1 Å². The number of aliphatic carboxylic acids is 1. The molecule has 1 aromatic carbocycles. The normalized spacial score (nSPS) is 21.3. The van der Waals surface area contributed by atoms with E-state index in [2.05, 4.69) is 0 Å². The Morgan fingerprint density at radius 1 is 1.33 bits per heavy atom. The van der Waals surface area contributed by atoms with Crippen molar-refractivity contribution >= 4 is 12.0 Å². The highest BCUT2D eigenvalue weighted by atomic mass is 16.4. The van der Waals surface area contributed by atoms with E-state index in [1.165, 1.54) is 4.90 Å². The standard InChI is InChI=1S/C15H20N2O4/c1-2-16(9-11-6-4-3-5-7-11)15(21)17-10-12(18)8-13(17)14(19)20/h3-7,12-13,18H,2,8-10H2,1H3,(H,19,20). The smallest absolute Gasteiger partial charge is 0.326 e. The van der Waals surface area contributed by atoms with Crippen molar-refractivity contribution in [3.8, 4) is 0 Å². The molecule has 0 bridgehead atoms. The number of carboxylic acid groups (broad SMARTS) is 1. The zero-order chi connectivity index (χ0) is 15.4. The number of amides is 2. The van der Waals surface area contributed by atoms with Crippen molar-refractivity contribution in [1.29, 1.82) is 0 Å². The van der Waals surface area contributed by atoms with Crippen LogP contribution in [0.3, 0.4) is 0 Å². The Bertz CT molecular complexity index is 506. The van der Waals surface area contributed by atoms with Crippen LogP contribution in [0.4, 0.5) is 4.79 Å². The summed E-state index contributed by atoms with van der Waals surface area (Å²) in [6.45, 7) is 2.83. The number of nitrogens with zero attached hydrogens (tertiary/aromatic N) is 2. The Hall–Kier alpha value is -2.08. The van der Waals surface area contributed by atoms with Crippen LogP contribution in [0.2, 0.25) is 0 Å². The number of β-amino-alcohol motifs (C(OH)–C–C–N with tert-alkyl or cyclic N) is 1. The van der Waals surface area contributed by atoms with Gasteiger partial charge in [0.1, 0.15) is 6.04 Å². The molecular formula is C15H20N2O4. The molecule has 1 aliphatic heterocycles. The van der Waals surface area contributed by atoms with Crippen LogP contribution >= 0.6 is 0 Å². The summed E-state index contributed by atoms with van der Waals surface area (Å²) in [5, 5.41) is 18.8. The van der Waals surface area contributed by atoms with E-state index in [-0.39, 0.29) is 19.0 Å². The highest BCUT2D eigenvalue weighted by Crippen LogP contribution is 2.20. The topological polar surface area (TPSA) is 81.1 Å². The lowest BCUT2D eigenvalue weighted by Gasteiger charge is -2.29. The highest BCUT2D eigenvalue weighted by molar-refractivity contribution is 5.83. The fourth-order valence-electron chi connectivity index (χ4n) is 2.56. The molecule has 2 rings (SSSR count). The fraction of sp³-hybridized carbons (Fsp3) is 0.467. The molecule has 1 saturated heterocycles. The summed E-state index contributed by atoms with van der Waals surface area (Å²) in [4.78, 5) is 26.6. The van der Waals surface area contributed by atoms with Gasteiger partial charge in [0.05, 0.1) is 6.10 Å². The first-order valence-electron chi connectivity index (χ1n) is 7.03. The third-order valence-electron chi connectivity index (χ3n) is 3.68. The average molecular weight is 292 g/mol. The van der Waals surface area contributed by atoms with Gasteiger partial charge in [0.2, 0.25) is 0 Å². The van der Waals surface area contributed by atoms with Crippen LogP contribution in [0.25, 0.3) is 0 Å². The third-order valence-corrected chi connectivity index (χ3v) is 3.68. The van der Waals surface area contributed by atoms with Gasteiger partial charge >= 0.3 is 12.0 Å². The van der Waals surface area contributed by atoms with Gasteiger partial charge in [0.15, 0.2) is 0 Å². The van der Waals surface area contributed by atoms with Crippen molar-refractivity contribution in [2.75, 3.05) is 13.1 Å². The van der Waals surface area contributed by atoms with Gasteiger partial charge in [-0.15, -0.1) is 0 Å². The molecule has 0 spiro atoms. The maximum atomic E-state index is 12.5. The summed E-state index contributed by atoms with van der Waals surface area (Å²) in [6, 6.07) is 8.24. The Balaban J connectivity index is 2.10. The second-order valence-electron chi connectivity index (χ2n) is 5.18. The van der Waals surface area contributed by atoms with Gasteiger partial charge in [-0.25, -0.2) is 9.59 Å². The molecule has 2 atom stereocenters. The first-order valence-corrected chi connectivity index (χ1v) is 7.03. The number of urea groups is 1. The number of aliphatic hydroxyl groups excluding tert-OH is 1. The molecular weight excluding hydrogens is 272 g/mol. The molecule has 1 fully saturated rings. The highest BCUT2D eigenvalue weighted by Gasteiger charge is 2.40. The first-order chi connectivity index (χ1) is 10.0. The quantitative estimate of drug-likeness (QED) is 0.872. The lowest BCUT2D eigenvalue weighted by atomic mass is 10.2. The molecule has 0 aliphatic carbocycles. The van der Waals surface area contributed by atoms with E-state index in [0.29, 0.717) is 13.1 Å². The van der Waals surface area contributed by atoms with E-state index >= 15 is 0 Å². The molecule has 2 amide bonds. The maximum Gasteiger partial charge on any atom is 0.326 e. The number of benzene rings is 1. The number of hydrogen-bond donors (Lipinski definition) is 2. The van der Waals surface area contributed by atoms with E-state index in [0.717, 1.165) is 5.56 Å². The van der Waals surface area contributed by atoms with Crippen LogP contribution in [0.5, 0.6) is 0 Å². The van der Waals surface area contributed by atoms with Crippen molar-refractivity contribution in [3.63, 3.8) is 0 Å². The summed E-state index contributed by atoms with van der Waals surface area (Å²) in [7, 11) is 0. The molecule has 2 N–H and O–H groups in total. The molecule has 1 aromatic rings. The monoisotopic (exact) mass is 292 g/mol. The van der Waals surface area contributed by atoms with Crippen LogP contribution in [-0.4, -0.2) is 57.2 Å². The number of rotatable bonds is 4. The van der Waals surface area contributed by atoms with Gasteiger partial charge in [-0.05, 0) is 12.5 Å². The van der Waals surface area contributed by atoms with Gasteiger partial charge in [-0.1, -0.05) is 30.3 Å². The molecule has 0 radical (unpaired) electrons. The minimum atomic E-state index is -1.07. The molecule has 0 aromatic heterocycles. The number of aliphatic hydroxyl groups is 1. The van der Waals surface area contributed by atoms with Crippen molar-refractivity contribution in [2.45, 2.75) is 32.0 Å². The number of hydrogen-bond acceptors (Lipinski definition) is 3. The van der Waals surface area contributed by atoms with Crippen LogP contribution < -0.4 is 0 Å². The molecule has 1 aliphatic rings. The minimum Gasteiger partial charge on any atom is -0.480 e. The molecule has 2 unspecified atom stereocenters. The van der Waals surface area contributed by atoms with Gasteiger partial charge in [-0.3, -0.25) is 0 Å². The van der Waals surface area contributed by atoms with Crippen LogP contribution in [-0.2, 0) is 11.3 Å². The fourth-order valence-corrected chi connectivity index (χ4v) is 2.56. The predicted octanol–water partition coefficient (Wildman–Crippen LogP) is 1.15. The predicted molar refractivity (Wildman–Crippen MR) is 76.7 cm³/mol. The number of likely N-dealkylation sites (tertiary alicyclic amines) is 1. The molecule has 6 heteroatoms. The second-order valence-corrected chi connectivity index (χ2v) is 5.18. The molecule has 21 heavy (non-hydrogen) atoms. The zero-order valence-corrected chi connectivity index (χ0v) is 12.0. The number of carboxylic acids is 1. The summed E-state index contributed by atoms with van der Waals surface area (Å²) in [6.07, 6.45) is -0.685. The zero-order valence-electron chi connectivity index (χ0n) is 12.0. The van der Waals surface area contributed by atoms with Crippen molar-refractivity contribution < 1.29 is 19.8 Å². The van der Waals surface area contributed by atoms with E-state index in [1.807, 2.05) is 37.3 Å².